The van der Waals surface area contributed by atoms with E-state index in [9.17, 15) is 0 Å². The minimum Gasteiger partial charge on any atom is -0.475 e. The molecular formula is C14H25NO3Si. The second-order valence-corrected chi connectivity index (χ2v) is 11.8. The van der Waals surface area contributed by atoms with E-state index in [-0.39, 0.29) is 11.1 Å². The first-order valence-corrected chi connectivity index (χ1v) is 9.89. The normalized spacial score (nSPS) is 29.9. The fraction of sp³-hybridized carbons (Fsp3) is 0.786. The van der Waals surface area contributed by atoms with Gasteiger partial charge in [-0.2, -0.15) is 0 Å². The van der Waals surface area contributed by atoms with Crippen molar-refractivity contribution in [3.05, 3.63) is 11.6 Å². The molecule has 1 aliphatic carbocycles. The van der Waals surface area contributed by atoms with Gasteiger partial charge in [0.1, 0.15) is 0 Å². The highest BCUT2D eigenvalue weighted by Crippen LogP contribution is 2.43. The van der Waals surface area contributed by atoms with Crippen molar-refractivity contribution in [1.29, 1.82) is 0 Å². The zero-order chi connectivity index (χ0) is 14.3. The summed E-state index contributed by atoms with van der Waals surface area (Å²) in [5, 5.41) is 12.2. The van der Waals surface area contributed by atoms with E-state index < -0.39 is 8.32 Å². The summed E-state index contributed by atoms with van der Waals surface area (Å²) < 4.78 is 11.9. The third-order valence-electron chi connectivity index (χ3n) is 4.68. The molecule has 0 amide bonds. The predicted molar refractivity (Wildman–Crippen MR) is 78.1 cm³/mol. The Labute approximate surface area is 116 Å². The van der Waals surface area contributed by atoms with E-state index in [0.717, 1.165) is 12.8 Å². The number of rotatable bonds is 2. The summed E-state index contributed by atoms with van der Waals surface area (Å²) in [6, 6.07) is 0. The average molecular weight is 283 g/mol. The summed E-state index contributed by atoms with van der Waals surface area (Å²) in [4.78, 5) is 0. The van der Waals surface area contributed by atoms with Gasteiger partial charge in [0.25, 0.3) is 0 Å². The molecule has 2 atom stereocenters. The Bertz CT molecular complexity index is 409. The van der Waals surface area contributed by atoms with Crippen molar-refractivity contribution >= 4 is 14.2 Å². The molecule has 0 aromatic carbocycles. The van der Waals surface area contributed by atoms with Gasteiger partial charge in [-0.15, -0.1) is 0 Å². The first kappa shape index (κ1) is 14.6. The fourth-order valence-electron chi connectivity index (χ4n) is 2.43. The van der Waals surface area contributed by atoms with E-state index in [1.807, 2.05) is 6.08 Å². The van der Waals surface area contributed by atoms with Gasteiger partial charge < -0.3 is 14.4 Å². The van der Waals surface area contributed by atoms with Gasteiger partial charge in [0.2, 0.25) is 5.90 Å². The molecule has 2 aliphatic rings. The van der Waals surface area contributed by atoms with E-state index in [2.05, 4.69) is 39.0 Å². The zero-order valence-corrected chi connectivity index (χ0v) is 13.6. The van der Waals surface area contributed by atoms with Crippen LogP contribution >= 0.6 is 0 Å². The number of fused-ring (bicyclic) bond motifs is 1. The lowest BCUT2D eigenvalue weighted by Gasteiger charge is -2.39. The molecule has 5 heteroatoms. The third kappa shape index (κ3) is 2.87. The molecule has 0 bridgehead atoms. The van der Waals surface area contributed by atoms with Gasteiger partial charge >= 0.3 is 0 Å². The second-order valence-electron chi connectivity index (χ2n) is 7.03. The topological polar surface area (TPSA) is 51.0 Å². The van der Waals surface area contributed by atoms with Gasteiger partial charge in [0.05, 0.1) is 12.7 Å². The van der Waals surface area contributed by atoms with Crippen LogP contribution in [0.3, 0.4) is 0 Å². The second kappa shape index (κ2) is 4.94. The highest BCUT2D eigenvalue weighted by Gasteiger charge is 2.43. The molecule has 0 saturated heterocycles. The number of hydrogen-bond acceptors (Lipinski definition) is 4. The molecule has 1 N–H and O–H groups in total. The summed E-state index contributed by atoms with van der Waals surface area (Å²) in [5.74, 6) is 0.747. The first-order chi connectivity index (χ1) is 8.74. The van der Waals surface area contributed by atoms with Crippen molar-refractivity contribution in [3.8, 4) is 0 Å². The van der Waals surface area contributed by atoms with Gasteiger partial charge in [-0.25, -0.2) is 0 Å². The molecule has 0 radical (unpaired) electrons. The number of hydrogen-bond donors (Lipinski definition) is 1. The zero-order valence-electron chi connectivity index (χ0n) is 12.6. The lowest BCUT2D eigenvalue weighted by molar-refractivity contribution is 0.205. The van der Waals surface area contributed by atoms with E-state index in [4.69, 9.17) is 14.4 Å². The Balaban J connectivity index is 2.16. The Morgan fingerprint density at radius 1 is 1.37 bits per heavy atom. The summed E-state index contributed by atoms with van der Waals surface area (Å²) in [6.45, 7) is 11.9. The summed E-state index contributed by atoms with van der Waals surface area (Å²) >= 11 is 0. The van der Waals surface area contributed by atoms with Gasteiger partial charge in [-0.05, 0) is 41.7 Å². The maximum Gasteiger partial charge on any atom is 0.250 e. The number of ether oxygens (including phenoxy) is 1. The average Bonchev–Trinajstić information content (AvgIpc) is 2.69. The number of nitrogens with zero attached hydrogens (tertiary/aromatic N) is 1. The Morgan fingerprint density at radius 3 is 2.63 bits per heavy atom. The smallest absolute Gasteiger partial charge is 0.250 e. The molecular weight excluding hydrogens is 258 g/mol. The molecule has 1 aliphatic heterocycles. The van der Waals surface area contributed by atoms with E-state index in [0.29, 0.717) is 18.4 Å². The maximum absolute atomic E-state index is 8.85. The summed E-state index contributed by atoms with van der Waals surface area (Å²) in [5.41, 5.74) is 1.25. The SMILES string of the molecule is CC(C)(C)[Si](C)(C)O[C@H]1CC[C@@H]2CO/C(=N/O)C=C21. The minimum absolute atomic E-state index is 0.173. The Hall–Kier alpha value is -0.813. The van der Waals surface area contributed by atoms with Crippen molar-refractivity contribution in [3.63, 3.8) is 0 Å². The van der Waals surface area contributed by atoms with E-state index in [1.54, 1.807) is 0 Å². The predicted octanol–water partition coefficient (Wildman–Crippen LogP) is 3.53. The van der Waals surface area contributed by atoms with Crippen LogP contribution in [0.15, 0.2) is 16.8 Å². The summed E-state index contributed by atoms with van der Waals surface area (Å²) in [6.07, 6.45) is 4.18. The van der Waals surface area contributed by atoms with Crippen LogP contribution in [0.5, 0.6) is 0 Å². The van der Waals surface area contributed by atoms with Crippen LogP contribution in [0.4, 0.5) is 0 Å². The van der Waals surface area contributed by atoms with Crippen molar-refractivity contribution < 1.29 is 14.4 Å². The largest absolute Gasteiger partial charge is 0.475 e. The Kier molecular flexibility index (Phi) is 3.80. The highest BCUT2D eigenvalue weighted by molar-refractivity contribution is 6.74. The highest BCUT2D eigenvalue weighted by atomic mass is 28.4. The molecule has 1 saturated carbocycles. The molecule has 0 unspecified atom stereocenters. The minimum atomic E-state index is -1.76. The fourth-order valence-corrected chi connectivity index (χ4v) is 3.75. The third-order valence-corrected chi connectivity index (χ3v) is 9.17. The molecule has 1 heterocycles. The van der Waals surface area contributed by atoms with Gasteiger partial charge in [-0.3, -0.25) is 0 Å². The van der Waals surface area contributed by atoms with Crippen LogP contribution in [-0.4, -0.2) is 32.1 Å². The van der Waals surface area contributed by atoms with Crippen LogP contribution in [0.2, 0.25) is 18.1 Å². The van der Waals surface area contributed by atoms with Crippen LogP contribution in [0, 0.1) is 5.92 Å². The lowest BCUT2D eigenvalue weighted by atomic mass is 10.0. The van der Waals surface area contributed by atoms with E-state index >= 15 is 0 Å². The van der Waals surface area contributed by atoms with Crippen LogP contribution in [0.1, 0.15) is 33.6 Å². The van der Waals surface area contributed by atoms with E-state index in [1.165, 1.54) is 5.57 Å². The maximum atomic E-state index is 8.85. The molecule has 19 heavy (non-hydrogen) atoms. The van der Waals surface area contributed by atoms with Gasteiger partial charge in [0.15, 0.2) is 8.32 Å². The van der Waals surface area contributed by atoms with Gasteiger partial charge in [0, 0.05) is 12.0 Å². The van der Waals surface area contributed by atoms with Crippen LogP contribution < -0.4 is 0 Å². The molecule has 0 aromatic rings. The Morgan fingerprint density at radius 2 is 2.05 bits per heavy atom. The molecule has 108 valence electrons. The standard InChI is InChI=1S/C14H25NO3Si/c1-14(2,3)19(4,5)18-12-7-6-10-9-17-13(15-16)8-11(10)12/h8,10,12,16H,6-7,9H2,1-5H3/b15-13+/t10-,12+/m1/s1. The molecule has 4 nitrogen and oxygen atoms in total. The summed E-state index contributed by atoms with van der Waals surface area (Å²) in [7, 11) is -1.76. The number of oxime groups is 1. The van der Waals surface area contributed by atoms with Crippen LogP contribution in [0.25, 0.3) is 0 Å². The monoisotopic (exact) mass is 283 g/mol. The van der Waals surface area contributed by atoms with Crippen LogP contribution in [-0.2, 0) is 9.16 Å². The lowest BCUT2D eigenvalue weighted by Crippen LogP contribution is -2.44. The molecule has 1 fully saturated rings. The van der Waals surface area contributed by atoms with Crippen molar-refractivity contribution in [2.24, 2.45) is 11.1 Å². The molecule has 0 aromatic heterocycles. The molecule has 2 rings (SSSR count). The van der Waals surface area contributed by atoms with Gasteiger partial charge in [-0.1, -0.05) is 20.8 Å². The molecule has 0 spiro atoms. The van der Waals surface area contributed by atoms with Crippen molar-refractivity contribution in [1.82, 2.24) is 0 Å². The quantitative estimate of drug-likeness (QED) is 0.479. The van der Waals surface area contributed by atoms with Crippen molar-refractivity contribution in [2.75, 3.05) is 6.61 Å². The first-order valence-electron chi connectivity index (χ1n) is 6.99. The van der Waals surface area contributed by atoms with Crippen molar-refractivity contribution in [2.45, 2.75) is 57.8 Å².